The van der Waals surface area contributed by atoms with Crippen LogP contribution in [0.3, 0.4) is 0 Å². The number of nitrogens with one attached hydrogen (secondary N) is 1. The molecule has 0 amide bonds. The molecule has 1 aliphatic rings. The van der Waals surface area contributed by atoms with Crippen LogP contribution in [0.25, 0.3) is 10.9 Å². The Hall–Kier alpha value is -3.55. The van der Waals surface area contributed by atoms with Crippen molar-refractivity contribution in [2.45, 2.75) is 11.4 Å². The van der Waals surface area contributed by atoms with Crippen molar-refractivity contribution in [3.05, 3.63) is 62.7 Å². The van der Waals surface area contributed by atoms with E-state index in [1.54, 1.807) is 12.1 Å². The number of benzene rings is 2. The molecular formula is C21H23N5O7S. The van der Waals surface area contributed by atoms with Crippen LogP contribution < -0.4 is 15.0 Å². The molecular weight excluding hydrogens is 466 g/mol. The number of nitro benzene ring substituents is 1. The summed E-state index contributed by atoms with van der Waals surface area (Å²) in [6.07, 6.45) is 0. The molecule has 1 aromatic heterocycles. The van der Waals surface area contributed by atoms with Crippen molar-refractivity contribution in [3.63, 3.8) is 0 Å². The molecule has 1 saturated heterocycles. The van der Waals surface area contributed by atoms with Gasteiger partial charge in [0.25, 0.3) is 11.2 Å². The molecule has 1 aliphatic heterocycles. The summed E-state index contributed by atoms with van der Waals surface area (Å²) in [4.78, 5) is 32.1. The maximum Gasteiger partial charge on any atom is 0.289 e. The molecule has 1 fully saturated rings. The molecule has 2 heterocycles. The molecule has 0 bridgehead atoms. The van der Waals surface area contributed by atoms with Crippen molar-refractivity contribution in [1.82, 2.24) is 19.2 Å². The van der Waals surface area contributed by atoms with Crippen molar-refractivity contribution < 1.29 is 22.8 Å². The third-order valence-corrected chi connectivity index (χ3v) is 7.59. The summed E-state index contributed by atoms with van der Waals surface area (Å²) in [5.74, 6) is 1.30. The van der Waals surface area contributed by atoms with Crippen LogP contribution in [0.5, 0.6) is 11.5 Å². The van der Waals surface area contributed by atoms with Crippen LogP contribution in [-0.4, -0.2) is 72.9 Å². The molecule has 0 spiro atoms. The molecule has 4 rings (SSSR count). The average Bonchev–Trinajstić information content (AvgIpc) is 2.83. The highest BCUT2D eigenvalue weighted by atomic mass is 32.2. The van der Waals surface area contributed by atoms with Gasteiger partial charge in [-0.2, -0.15) is 4.31 Å². The second kappa shape index (κ2) is 9.37. The van der Waals surface area contributed by atoms with Gasteiger partial charge in [0.2, 0.25) is 10.0 Å². The Bertz CT molecular complexity index is 1400. The van der Waals surface area contributed by atoms with Crippen LogP contribution in [0.15, 0.2) is 46.1 Å². The van der Waals surface area contributed by atoms with Crippen LogP contribution in [0.4, 0.5) is 5.69 Å². The van der Waals surface area contributed by atoms with E-state index >= 15 is 0 Å². The molecule has 0 saturated carbocycles. The summed E-state index contributed by atoms with van der Waals surface area (Å²) in [7, 11) is -1.04. The SMILES string of the molecule is COc1cc2nc(CN3CCN(S(=O)(=O)c4ccccc4[N+](=O)[O-])CC3)[nH]c(=O)c2cc1OC. The lowest BCUT2D eigenvalue weighted by Crippen LogP contribution is -2.48. The van der Waals surface area contributed by atoms with Crippen LogP contribution in [0.2, 0.25) is 0 Å². The highest BCUT2D eigenvalue weighted by molar-refractivity contribution is 7.89. The number of methoxy groups -OCH3 is 2. The van der Waals surface area contributed by atoms with Gasteiger partial charge in [-0.1, -0.05) is 12.1 Å². The van der Waals surface area contributed by atoms with Crippen molar-refractivity contribution in [2.24, 2.45) is 0 Å². The normalized spacial score (nSPS) is 15.4. The average molecular weight is 490 g/mol. The molecule has 2 aromatic carbocycles. The highest BCUT2D eigenvalue weighted by Crippen LogP contribution is 2.30. The van der Waals surface area contributed by atoms with Gasteiger partial charge in [-0.3, -0.25) is 19.8 Å². The summed E-state index contributed by atoms with van der Waals surface area (Å²) in [6, 6.07) is 8.50. The zero-order chi connectivity index (χ0) is 24.5. The Labute approximate surface area is 194 Å². The van der Waals surface area contributed by atoms with Gasteiger partial charge < -0.3 is 14.5 Å². The van der Waals surface area contributed by atoms with E-state index < -0.39 is 20.6 Å². The van der Waals surface area contributed by atoms with Gasteiger partial charge in [0.1, 0.15) is 5.82 Å². The number of nitro groups is 1. The van der Waals surface area contributed by atoms with Gasteiger partial charge >= 0.3 is 0 Å². The molecule has 3 aromatic rings. The van der Waals surface area contributed by atoms with E-state index in [4.69, 9.17) is 9.47 Å². The first kappa shape index (κ1) is 23.6. The molecule has 1 N–H and O–H groups in total. The Morgan fingerprint density at radius 3 is 2.38 bits per heavy atom. The van der Waals surface area contributed by atoms with Crippen LogP contribution in [0, 0.1) is 10.1 Å². The molecule has 12 nitrogen and oxygen atoms in total. The number of fused-ring (bicyclic) bond motifs is 1. The van der Waals surface area contributed by atoms with Gasteiger partial charge in [-0.05, 0) is 12.1 Å². The number of hydrogen-bond acceptors (Lipinski definition) is 9. The van der Waals surface area contributed by atoms with Gasteiger partial charge in [0.05, 0.1) is 36.6 Å². The fourth-order valence-corrected chi connectivity index (χ4v) is 5.47. The molecule has 0 unspecified atom stereocenters. The lowest BCUT2D eigenvalue weighted by Gasteiger charge is -2.33. The minimum atomic E-state index is -4.02. The van der Waals surface area contributed by atoms with Gasteiger partial charge in [-0.15, -0.1) is 0 Å². The van der Waals surface area contributed by atoms with Gasteiger partial charge in [0, 0.05) is 38.3 Å². The zero-order valence-electron chi connectivity index (χ0n) is 18.6. The van der Waals surface area contributed by atoms with E-state index in [2.05, 4.69) is 9.97 Å². The van der Waals surface area contributed by atoms with Crippen molar-refractivity contribution in [2.75, 3.05) is 40.4 Å². The number of aromatic amines is 1. The van der Waals surface area contributed by atoms with Crippen molar-refractivity contribution in [3.8, 4) is 11.5 Å². The lowest BCUT2D eigenvalue weighted by atomic mass is 10.2. The number of piperazine rings is 1. The predicted octanol–water partition coefficient (Wildman–Crippen LogP) is 1.35. The number of para-hydroxylation sites is 1. The molecule has 34 heavy (non-hydrogen) atoms. The monoisotopic (exact) mass is 489 g/mol. The smallest absolute Gasteiger partial charge is 0.289 e. The lowest BCUT2D eigenvalue weighted by molar-refractivity contribution is -0.387. The third kappa shape index (κ3) is 4.44. The summed E-state index contributed by atoms with van der Waals surface area (Å²) in [5, 5.41) is 11.6. The number of aromatic nitrogens is 2. The first-order valence-corrected chi connectivity index (χ1v) is 11.8. The fourth-order valence-electron chi connectivity index (χ4n) is 3.89. The van der Waals surface area contributed by atoms with Crippen molar-refractivity contribution in [1.29, 1.82) is 0 Å². The summed E-state index contributed by atoms with van der Waals surface area (Å²) < 4.78 is 37.8. The third-order valence-electron chi connectivity index (χ3n) is 5.64. The predicted molar refractivity (Wildman–Crippen MR) is 123 cm³/mol. The second-order valence-corrected chi connectivity index (χ2v) is 9.55. The van der Waals surface area contributed by atoms with E-state index in [1.807, 2.05) is 4.90 Å². The van der Waals surface area contributed by atoms with Gasteiger partial charge in [-0.25, -0.2) is 13.4 Å². The number of ether oxygens (including phenoxy) is 2. The van der Waals surface area contributed by atoms with Gasteiger partial charge in [0.15, 0.2) is 16.4 Å². The molecule has 0 aliphatic carbocycles. The fraction of sp³-hybridized carbons (Fsp3) is 0.333. The van der Waals surface area contributed by atoms with E-state index in [9.17, 15) is 23.3 Å². The Kier molecular flexibility index (Phi) is 6.50. The zero-order valence-corrected chi connectivity index (χ0v) is 19.4. The maximum atomic E-state index is 13.0. The topological polar surface area (TPSA) is 148 Å². The van der Waals surface area contributed by atoms with Crippen LogP contribution in [0.1, 0.15) is 5.82 Å². The van der Waals surface area contributed by atoms with Crippen LogP contribution in [-0.2, 0) is 16.6 Å². The van der Waals surface area contributed by atoms with E-state index in [-0.39, 0.29) is 23.5 Å². The Morgan fingerprint density at radius 1 is 1.09 bits per heavy atom. The molecule has 180 valence electrons. The van der Waals surface area contributed by atoms with Crippen molar-refractivity contribution >= 4 is 26.6 Å². The van der Waals surface area contributed by atoms with E-state index in [0.717, 1.165) is 0 Å². The largest absolute Gasteiger partial charge is 0.493 e. The first-order chi connectivity index (χ1) is 16.2. The quantitative estimate of drug-likeness (QED) is 0.383. The Balaban J connectivity index is 1.50. The summed E-state index contributed by atoms with van der Waals surface area (Å²) in [6.45, 7) is 1.34. The number of hydrogen-bond donors (Lipinski definition) is 1. The number of H-pyrrole nitrogens is 1. The molecule has 0 atom stereocenters. The minimum Gasteiger partial charge on any atom is -0.493 e. The number of rotatable bonds is 7. The Morgan fingerprint density at radius 2 is 1.74 bits per heavy atom. The van der Waals surface area contributed by atoms with Crippen LogP contribution >= 0.6 is 0 Å². The maximum absolute atomic E-state index is 13.0. The first-order valence-electron chi connectivity index (χ1n) is 10.4. The molecule has 0 radical (unpaired) electrons. The number of sulfonamides is 1. The summed E-state index contributed by atoms with van der Waals surface area (Å²) in [5.41, 5.74) is -0.317. The second-order valence-electron chi connectivity index (χ2n) is 7.64. The highest BCUT2D eigenvalue weighted by Gasteiger charge is 2.33. The molecule has 13 heteroatoms. The summed E-state index contributed by atoms with van der Waals surface area (Å²) >= 11 is 0. The standard InChI is InChI=1S/C21H23N5O7S/c1-32-17-11-14-15(12-18(17)33-2)22-20(23-21(14)27)13-24-7-9-25(10-8-24)34(30,31)19-6-4-3-5-16(19)26(28)29/h3-6,11-12H,7-10,13H2,1-2H3,(H,22,23,27). The van der Waals surface area contributed by atoms with E-state index in [0.29, 0.717) is 47.9 Å². The minimum absolute atomic E-state index is 0.150. The van der Waals surface area contributed by atoms with E-state index in [1.165, 1.54) is 42.8 Å². The number of nitrogens with zero attached hydrogens (tertiary/aromatic N) is 4.